The molecule has 192 valence electrons. The van der Waals surface area contributed by atoms with Crippen molar-refractivity contribution in [2.45, 2.75) is 38.7 Å². The minimum absolute atomic E-state index is 0.0970. The van der Waals surface area contributed by atoms with Gasteiger partial charge in [-0.05, 0) is 6.42 Å². The van der Waals surface area contributed by atoms with Gasteiger partial charge in [0.05, 0.1) is 42.8 Å². The third-order valence-corrected chi connectivity index (χ3v) is 6.19. The number of methoxy groups -OCH3 is 1. The minimum Gasteiger partial charge on any atom is -0.383 e. The highest BCUT2D eigenvalue weighted by Gasteiger charge is 2.38. The molecule has 0 spiro atoms. The van der Waals surface area contributed by atoms with E-state index in [9.17, 15) is 23.2 Å². The normalized spacial score (nSPS) is 14.5. The third kappa shape index (κ3) is 4.42. The molecule has 0 atom stereocenters. The van der Waals surface area contributed by atoms with Crippen LogP contribution < -0.4 is 0 Å². The molecule has 4 aromatic heterocycles. The van der Waals surface area contributed by atoms with Crippen molar-refractivity contribution in [3.63, 3.8) is 0 Å². The fourth-order valence-electron chi connectivity index (χ4n) is 4.40. The van der Waals surface area contributed by atoms with Crippen molar-refractivity contribution in [2.75, 3.05) is 20.8 Å². The van der Waals surface area contributed by atoms with E-state index in [-0.39, 0.29) is 72.1 Å². The van der Waals surface area contributed by atoms with Crippen LogP contribution in [0.15, 0.2) is 18.6 Å². The number of aryl methyl sites for hydroxylation is 1. The molecule has 0 unspecified atom stereocenters. The number of nitrogens with one attached hydrogen (secondary N) is 1. The number of H-pyrrole nitrogens is 1. The number of ether oxygens (including phenoxy) is 1. The lowest BCUT2D eigenvalue weighted by Crippen LogP contribution is -2.26. The van der Waals surface area contributed by atoms with Gasteiger partial charge < -0.3 is 14.6 Å². The molecule has 11 nitrogen and oxygen atoms in total. The average Bonchev–Trinajstić information content (AvgIpc) is 3.56. The van der Waals surface area contributed by atoms with Crippen LogP contribution in [0.1, 0.15) is 29.9 Å². The number of hydrogen-bond acceptors (Lipinski definition) is 7. The van der Waals surface area contributed by atoms with Crippen LogP contribution in [-0.4, -0.2) is 66.1 Å². The topological polar surface area (TPSA) is 131 Å². The number of hydrogen-bond donors (Lipinski definition) is 1. The minimum atomic E-state index is -4.71. The number of nitriles is 1. The van der Waals surface area contributed by atoms with Gasteiger partial charge in [-0.1, -0.05) is 0 Å². The molecule has 0 aromatic carbocycles. The van der Waals surface area contributed by atoms with Gasteiger partial charge in [0.2, 0.25) is 5.91 Å². The zero-order chi connectivity index (χ0) is 26.3. The molecule has 14 heteroatoms. The summed E-state index contributed by atoms with van der Waals surface area (Å²) in [4.78, 5) is 26.2. The maximum Gasteiger partial charge on any atom is 0.435 e. The Morgan fingerprint density at radius 2 is 2.08 bits per heavy atom. The van der Waals surface area contributed by atoms with Gasteiger partial charge in [-0.3, -0.25) is 14.2 Å². The van der Waals surface area contributed by atoms with Crippen molar-refractivity contribution in [3.8, 4) is 28.5 Å². The van der Waals surface area contributed by atoms with E-state index in [0.29, 0.717) is 17.9 Å². The maximum absolute atomic E-state index is 13.9. The summed E-state index contributed by atoms with van der Waals surface area (Å²) in [5.41, 5.74) is 0.670. The van der Waals surface area contributed by atoms with Crippen LogP contribution in [0.25, 0.3) is 33.5 Å². The Labute approximate surface area is 208 Å². The lowest BCUT2D eigenvalue weighted by molar-refractivity contribution is -0.141. The summed E-state index contributed by atoms with van der Waals surface area (Å²) >= 11 is 0. The Kier molecular flexibility index (Phi) is 6.16. The summed E-state index contributed by atoms with van der Waals surface area (Å²) in [6, 6.07) is 2.14. The number of aromatic nitrogens is 7. The number of carbonyl (C=O) groups excluding carboxylic acids is 1. The van der Waals surface area contributed by atoms with Crippen molar-refractivity contribution in [1.82, 2.24) is 39.4 Å². The smallest absolute Gasteiger partial charge is 0.383 e. The first-order valence-corrected chi connectivity index (χ1v) is 11.4. The fraction of sp³-hybridized carbons (Fsp3) is 0.391. The zero-order valence-electron chi connectivity index (χ0n) is 20.0. The summed E-state index contributed by atoms with van der Waals surface area (Å²) in [7, 11) is 3.13. The quantitative estimate of drug-likeness (QED) is 0.446. The number of halogens is 3. The molecule has 4 aromatic rings. The largest absolute Gasteiger partial charge is 0.435 e. The molecule has 1 N–H and O–H groups in total. The molecule has 5 rings (SSSR count). The maximum atomic E-state index is 13.9. The summed E-state index contributed by atoms with van der Waals surface area (Å²) < 4.78 is 49.6. The number of nitrogens with zero attached hydrogens (tertiary/aromatic N) is 8. The van der Waals surface area contributed by atoms with Gasteiger partial charge in [0.1, 0.15) is 17.3 Å². The van der Waals surface area contributed by atoms with Crippen LogP contribution in [0.4, 0.5) is 13.2 Å². The highest BCUT2D eigenvalue weighted by molar-refractivity contribution is 5.92. The fourth-order valence-corrected chi connectivity index (χ4v) is 4.40. The van der Waals surface area contributed by atoms with Crippen LogP contribution >= 0.6 is 0 Å². The van der Waals surface area contributed by atoms with Gasteiger partial charge in [0.15, 0.2) is 11.3 Å². The first-order chi connectivity index (χ1) is 17.7. The highest BCUT2D eigenvalue weighted by atomic mass is 19.4. The van der Waals surface area contributed by atoms with E-state index >= 15 is 0 Å². The van der Waals surface area contributed by atoms with Crippen LogP contribution in [0.2, 0.25) is 0 Å². The Bertz CT molecular complexity index is 1530. The number of aromatic amines is 1. The first-order valence-electron chi connectivity index (χ1n) is 11.4. The molecule has 1 aliphatic heterocycles. The Hall–Kier alpha value is -4.25. The number of amides is 1. The van der Waals surface area contributed by atoms with Gasteiger partial charge >= 0.3 is 6.18 Å². The Balaban J connectivity index is 1.77. The summed E-state index contributed by atoms with van der Waals surface area (Å²) in [5.74, 6) is -0.220. The molecule has 0 fully saturated rings. The predicted octanol–water partition coefficient (Wildman–Crippen LogP) is 2.97. The zero-order valence-corrected chi connectivity index (χ0v) is 20.0. The molecule has 0 radical (unpaired) electrons. The molecule has 0 saturated heterocycles. The standard InChI is InChI=1S/C23H22F3N9O2/c1-33-12-16-19(17(8-27)35(31-16)6-7-37-2)15-10-29-22-20(30-15)13(9-28-22)14-11-34(5-3-4-18(33)36)32-21(14)23(24,25)26/h9-11H,3-7,12H2,1-2H3,(H,28,29). The van der Waals surface area contributed by atoms with E-state index in [4.69, 9.17) is 4.74 Å². The van der Waals surface area contributed by atoms with Gasteiger partial charge in [-0.15, -0.1) is 0 Å². The summed E-state index contributed by atoms with van der Waals surface area (Å²) in [5, 5.41) is 18.3. The molecule has 4 bridgehead atoms. The van der Waals surface area contributed by atoms with E-state index in [1.807, 2.05) is 0 Å². The number of alkyl halides is 3. The second kappa shape index (κ2) is 9.32. The molecule has 1 amide bonds. The number of fused-ring (bicyclic) bond motifs is 6. The molecule has 0 aliphatic carbocycles. The van der Waals surface area contributed by atoms with Crippen molar-refractivity contribution >= 4 is 17.1 Å². The average molecular weight is 513 g/mol. The van der Waals surface area contributed by atoms with E-state index in [0.717, 1.165) is 0 Å². The predicted molar refractivity (Wildman–Crippen MR) is 124 cm³/mol. The van der Waals surface area contributed by atoms with Gasteiger partial charge in [-0.25, -0.2) is 9.97 Å². The van der Waals surface area contributed by atoms with Crippen molar-refractivity contribution < 1.29 is 22.7 Å². The third-order valence-electron chi connectivity index (χ3n) is 6.19. The second-order valence-electron chi connectivity index (χ2n) is 8.66. The van der Waals surface area contributed by atoms with Gasteiger partial charge in [0.25, 0.3) is 0 Å². The summed E-state index contributed by atoms with van der Waals surface area (Å²) in [6.45, 7) is 0.799. The SMILES string of the molecule is COCCn1nc2c(c1C#N)-c1cnc3[nH]cc(c3n1)-c1cn(nc1C(F)(F)F)CCCC(=O)N(C)C2. The van der Waals surface area contributed by atoms with E-state index in [1.54, 1.807) is 7.05 Å². The molecule has 37 heavy (non-hydrogen) atoms. The molecule has 5 heterocycles. The van der Waals surface area contributed by atoms with Crippen LogP contribution in [0, 0.1) is 11.3 Å². The van der Waals surface area contributed by atoms with Crippen LogP contribution in [-0.2, 0) is 35.3 Å². The van der Waals surface area contributed by atoms with E-state index < -0.39 is 11.9 Å². The Morgan fingerprint density at radius 1 is 1.27 bits per heavy atom. The molecular weight excluding hydrogens is 491 g/mol. The van der Waals surface area contributed by atoms with E-state index in [1.165, 1.54) is 40.0 Å². The van der Waals surface area contributed by atoms with Crippen LogP contribution in [0.3, 0.4) is 0 Å². The van der Waals surface area contributed by atoms with Crippen molar-refractivity contribution in [2.24, 2.45) is 0 Å². The second-order valence-corrected chi connectivity index (χ2v) is 8.66. The van der Waals surface area contributed by atoms with Gasteiger partial charge in [0, 0.05) is 50.6 Å². The number of rotatable bonds is 3. The van der Waals surface area contributed by atoms with Crippen molar-refractivity contribution in [3.05, 3.63) is 35.7 Å². The van der Waals surface area contributed by atoms with E-state index in [2.05, 4.69) is 31.2 Å². The highest BCUT2D eigenvalue weighted by Crippen LogP contribution is 2.39. The Morgan fingerprint density at radius 3 is 2.81 bits per heavy atom. The monoisotopic (exact) mass is 513 g/mol. The lowest BCUT2D eigenvalue weighted by Gasteiger charge is -2.17. The molecular formula is C23H22F3N9O2. The van der Waals surface area contributed by atoms with Crippen LogP contribution in [0.5, 0.6) is 0 Å². The molecule has 1 aliphatic rings. The number of carbonyl (C=O) groups is 1. The first kappa shape index (κ1) is 24.4. The lowest BCUT2D eigenvalue weighted by atomic mass is 10.1. The van der Waals surface area contributed by atoms with Crippen molar-refractivity contribution in [1.29, 1.82) is 5.26 Å². The summed E-state index contributed by atoms with van der Waals surface area (Å²) in [6.07, 6.45) is -0.174. The van der Waals surface area contributed by atoms with Gasteiger partial charge in [-0.2, -0.15) is 28.6 Å². The molecule has 0 saturated carbocycles.